The molecule has 0 fully saturated rings. The summed E-state index contributed by atoms with van der Waals surface area (Å²) in [6.45, 7) is 3.09. The van der Waals surface area contributed by atoms with E-state index in [1.807, 2.05) is 35.8 Å². The summed E-state index contributed by atoms with van der Waals surface area (Å²) in [4.78, 5) is 32.3. The number of benzene rings is 1. The zero-order valence-electron chi connectivity index (χ0n) is 18.6. The fourth-order valence-corrected chi connectivity index (χ4v) is 5.22. The van der Waals surface area contributed by atoms with Crippen molar-refractivity contribution in [3.05, 3.63) is 64.1 Å². The maximum Gasteiger partial charge on any atom is 0.242 e. The van der Waals surface area contributed by atoms with Gasteiger partial charge in [0.15, 0.2) is 0 Å². The number of aromatic nitrogens is 2. The molecule has 3 aromatic rings. The summed E-state index contributed by atoms with van der Waals surface area (Å²) in [5, 5.41) is 13.2. The second-order valence-electron chi connectivity index (χ2n) is 7.85. The van der Waals surface area contributed by atoms with Gasteiger partial charge in [-0.2, -0.15) is 5.26 Å². The summed E-state index contributed by atoms with van der Waals surface area (Å²) >= 11 is 1.38. The van der Waals surface area contributed by atoms with E-state index in [9.17, 15) is 14.9 Å². The minimum Gasteiger partial charge on any atom is -0.496 e. The Morgan fingerprint density at radius 1 is 1.33 bits per heavy atom. The molecule has 8 nitrogen and oxygen atoms in total. The van der Waals surface area contributed by atoms with Gasteiger partial charge in [0.1, 0.15) is 29.2 Å². The molecule has 9 heteroatoms. The Labute approximate surface area is 196 Å². The molecule has 33 heavy (non-hydrogen) atoms. The Balaban J connectivity index is 1.42. The number of nitrogens with one attached hydrogen (secondary N) is 1. The molecule has 170 valence electrons. The molecule has 0 bridgehead atoms. The molecule has 0 spiro atoms. The fourth-order valence-electron chi connectivity index (χ4n) is 3.99. The van der Waals surface area contributed by atoms with Gasteiger partial charge < -0.3 is 19.5 Å². The van der Waals surface area contributed by atoms with Crippen LogP contribution in [0, 0.1) is 18.3 Å². The number of anilines is 1. The highest BCUT2D eigenvalue weighted by Gasteiger charge is 2.27. The smallest absolute Gasteiger partial charge is 0.242 e. The standard InChI is InChI=1S/C24H25N5O3S/c1-16-26-10-12-28(16)15-23(31)29-11-9-18-19(13-25)24(33-21(18)14-29)27-22(30)8-7-17-5-3-4-6-20(17)32-2/h3-6,10,12H,7-9,11,14-15H2,1-2H3,(H,27,30). The molecule has 4 rings (SSSR count). The highest BCUT2D eigenvalue weighted by Crippen LogP contribution is 2.37. The summed E-state index contributed by atoms with van der Waals surface area (Å²) in [5.74, 6) is 1.41. The Kier molecular flexibility index (Phi) is 6.75. The third-order valence-electron chi connectivity index (χ3n) is 5.82. The second kappa shape index (κ2) is 9.88. The lowest BCUT2D eigenvalue weighted by molar-refractivity contribution is -0.132. The monoisotopic (exact) mass is 463 g/mol. The number of ether oxygens (including phenoxy) is 1. The first-order chi connectivity index (χ1) is 16.0. The predicted octanol–water partition coefficient (Wildman–Crippen LogP) is 3.29. The molecule has 1 aliphatic heterocycles. The number of carbonyl (C=O) groups is 2. The van der Waals surface area contributed by atoms with Crippen LogP contribution in [0.2, 0.25) is 0 Å². The van der Waals surface area contributed by atoms with E-state index >= 15 is 0 Å². The Morgan fingerprint density at radius 2 is 2.15 bits per heavy atom. The predicted molar refractivity (Wildman–Crippen MR) is 125 cm³/mol. The maximum absolute atomic E-state index is 12.8. The van der Waals surface area contributed by atoms with E-state index in [0.29, 0.717) is 36.5 Å². The topological polar surface area (TPSA) is 100 Å². The van der Waals surface area contributed by atoms with Crippen LogP contribution in [0.15, 0.2) is 36.7 Å². The van der Waals surface area contributed by atoms with E-state index in [4.69, 9.17) is 4.74 Å². The number of methoxy groups -OCH3 is 1. The number of amides is 2. The molecular formula is C24H25N5O3S. The zero-order chi connectivity index (χ0) is 23.4. The first-order valence-electron chi connectivity index (χ1n) is 10.7. The average Bonchev–Trinajstić information content (AvgIpc) is 3.39. The number of hydrogen-bond acceptors (Lipinski definition) is 6. The summed E-state index contributed by atoms with van der Waals surface area (Å²) in [7, 11) is 1.61. The molecule has 1 N–H and O–H groups in total. The van der Waals surface area contributed by atoms with Gasteiger partial charge in [0.05, 0.1) is 19.2 Å². The van der Waals surface area contributed by atoms with E-state index < -0.39 is 0 Å². The van der Waals surface area contributed by atoms with E-state index in [2.05, 4.69) is 16.4 Å². The lowest BCUT2D eigenvalue weighted by atomic mass is 10.0. The number of nitrogens with zero attached hydrogens (tertiary/aromatic N) is 4. The Morgan fingerprint density at radius 3 is 2.88 bits per heavy atom. The van der Waals surface area contributed by atoms with Gasteiger partial charge in [-0.1, -0.05) is 18.2 Å². The maximum atomic E-state index is 12.8. The molecule has 0 radical (unpaired) electrons. The molecule has 0 atom stereocenters. The third-order valence-corrected chi connectivity index (χ3v) is 6.95. The molecule has 1 aromatic carbocycles. The quantitative estimate of drug-likeness (QED) is 0.580. The number of hydrogen-bond donors (Lipinski definition) is 1. The van der Waals surface area contributed by atoms with Crippen LogP contribution >= 0.6 is 11.3 Å². The number of rotatable bonds is 7. The molecule has 0 saturated heterocycles. The largest absolute Gasteiger partial charge is 0.496 e. The second-order valence-corrected chi connectivity index (χ2v) is 8.95. The summed E-state index contributed by atoms with van der Waals surface area (Å²) in [6.07, 6.45) is 4.89. The van der Waals surface area contributed by atoms with Gasteiger partial charge in [-0.3, -0.25) is 9.59 Å². The van der Waals surface area contributed by atoms with Crippen LogP contribution in [0.3, 0.4) is 0 Å². The minimum absolute atomic E-state index is 0.0102. The number of aryl methyl sites for hydroxylation is 2. The van der Waals surface area contributed by atoms with E-state index in [0.717, 1.165) is 27.6 Å². The van der Waals surface area contributed by atoms with Crippen LogP contribution in [-0.4, -0.2) is 39.9 Å². The van der Waals surface area contributed by atoms with Crippen molar-refractivity contribution in [3.63, 3.8) is 0 Å². The normalized spacial score (nSPS) is 12.7. The average molecular weight is 464 g/mol. The highest BCUT2D eigenvalue weighted by molar-refractivity contribution is 7.16. The first kappa shape index (κ1) is 22.6. The van der Waals surface area contributed by atoms with Crippen molar-refractivity contribution in [2.45, 2.75) is 39.3 Å². The molecular weight excluding hydrogens is 438 g/mol. The van der Waals surface area contributed by atoms with Gasteiger partial charge in [-0.05, 0) is 37.0 Å². The first-order valence-corrected chi connectivity index (χ1v) is 11.5. The van der Waals surface area contributed by atoms with Crippen LogP contribution in [0.4, 0.5) is 5.00 Å². The van der Waals surface area contributed by atoms with Gasteiger partial charge in [0, 0.05) is 30.2 Å². The van der Waals surface area contributed by atoms with Gasteiger partial charge in [-0.15, -0.1) is 11.3 Å². The van der Waals surface area contributed by atoms with E-state index in [1.165, 1.54) is 11.3 Å². The van der Waals surface area contributed by atoms with E-state index in [1.54, 1.807) is 24.4 Å². The number of para-hydroxylation sites is 1. The summed E-state index contributed by atoms with van der Waals surface area (Å²) < 4.78 is 7.17. The van der Waals surface area contributed by atoms with Crippen molar-refractivity contribution < 1.29 is 14.3 Å². The third kappa shape index (κ3) is 4.91. The van der Waals surface area contributed by atoms with Crippen LogP contribution < -0.4 is 10.1 Å². The minimum atomic E-state index is -0.153. The zero-order valence-corrected chi connectivity index (χ0v) is 19.4. The van der Waals surface area contributed by atoms with Gasteiger partial charge in [0.25, 0.3) is 0 Å². The number of thiophene rings is 1. The van der Waals surface area contributed by atoms with Crippen molar-refractivity contribution in [2.75, 3.05) is 19.0 Å². The lowest BCUT2D eigenvalue weighted by Crippen LogP contribution is -2.37. The number of fused-ring (bicyclic) bond motifs is 1. The van der Waals surface area contributed by atoms with Crippen LogP contribution in [0.5, 0.6) is 5.75 Å². The van der Waals surface area contributed by atoms with Crippen molar-refractivity contribution in [1.29, 1.82) is 5.26 Å². The van der Waals surface area contributed by atoms with Crippen LogP contribution in [0.1, 0.15) is 33.8 Å². The van der Waals surface area contributed by atoms with E-state index in [-0.39, 0.29) is 24.8 Å². The van der Waals surface area contributed by atoms with Gasteiger partial charge >= 0.3 is 0 Å². The molecule has 3 heterocycles. The molecule has 0 unspecified atom stereocenters. The Hall–Kier alpha value is -3.64. The number of imidazole rings is 1. The Bertz CT molecular complexity index is 1220. The highest BCUT2D eigenvalue weighted by atomic mass is 32.1. The summed E-state index contributed by atoms with van der Waals surface area (Å²) in [5.41, 5.74) is 2.41. The van der Waals surface area contributed by atoms with Crippen molar-refractivity contribution in [1.82, 2.24) is 14.5 Å². The van der Waals surface area contributed by atoms with Crippen molar-refractivity contribution >= 4 is 28.2 Å². The SMILES string of the molecule is COc1ccccc1CCC(=O)Nc1sc2c(c1C#N)CCN(C(=O)Cn1ccnc1C)C2. The van der Waals surface area contributed by atoms with Crippen LogP contribution in [0.25, 0.3) is 0 Å². The van der Waals surface area contributed by atoms with Crippen LogP contribution in [-0.2, 0) is 35.5 Å². The fraction of sp³-hybridized carbons (Fsp3) is 0.333. The van der Waals surface area contributed by atoms with Crippen molar-refractivity contribution in [3.8, 4) is 11.8 Å². The molecule has 2 amide bonds. The molecule has 1 aliphatic rings. The lowest BCUT2D eigenvalue weighted by Gasteiger charge is -2.27. The number of nitriles is 1. The molecule has 0 saturated carbocycles. The molecule has 0 aliphatic carbocycles. The van der Waals surface area contributed by atoms with Gasteiger partial charge in [-0.25, -0.2) is 4.98 Å². The number of carbonyl (C=O) groups excluding carboxylic acids is 2. The molecule has 2 aromatic heterocycles. The van der Waals surface area contributed by atoms with Crippen molar-refractivity contribution in [2.24, 2.45) is 0 Å². The van der Waals surface area contributed by atoms with Gasteiger partial charge in [0.2, 0.25) is 11.8 Å². The summed E-state index contributed by atoms with van der Waals surface area (Å²) in [6, 6.07) is 9.86.